The van der Waals surface area contributed by atoms with Crippen LogP contribution in [0, 0.1) is 6.92 Å². The Labute approximate surface area is 173 Å². The van der Waals surface area contributed by atoms with Gasteiger partial charge in [-0.3, -0.25) is 9.59 Å². The van der Waals surface area contributed by atoms with Crippen molar-refractivity contribution in [3.05, 3.63) is 69.7 Å². The second kappa shape index (κ2) is 11.3. The standard InChI is InChI=1S/C22H24BrNO4/c1-16-5-7-17(8-6-16)15-28-20-11-10-19(23)14-18(20)9-12-21(25)24-13-3-4-22(26)27-2/h5-12,14H,3-4,13,15H2,1-2H3,(H,24,25)/b12-9+. The van der Waals surface area contributed by atoms with Gasteiger partial charge in [0.1, 0.15) is 12.4 Å². The Morgan fingerprint density at radius 2 is 1.89 bits per heavy atom. The summed E-state index contributed by atoms with van der Waals surface area (Å²) in [4.78, 5) is 23.0. The van der Waals surface area contributed by atoms with E-state index in [0.29, 0.717) is 25.3 Å². The van der Waals surface area contributed by atoms with Crippen molar-refractivity contribution in [2.75, 3.05) is 13.7 Å². The zero-order chi connectivity index (χ0) is 20.4. The van der Waals surface area contributed by atoms with Gasteiger partial charge in [-0.15, -0.1) is 0 Å². The van der Waals surface area contributed by atoms with Crippen LogP contribution in [0.1, 0.15) is 29.5 Å². The number of nitrogens with one attached hydrogen (secondary N) is 1. The minimum atomic E-state index is -0.283. The SMILES string of the molecule is COC(=O)CCCNC(=O)/C=C/c1cc(Br)ccc1OCc1ccc(C)cc1. The van der Waals surface area contributed by atoms with Crippen LogP contribution >= 0.6 is 15.9 Å². The first kappa shape index (κ1) is 21.7. The number of methoxy groups -OCH3 is 1. The third-order valence-corrected chi connectivity index (χ3v) is 4.48. The van der Waals surface area contributed by atoms with Gasteiger partial charge in [0.05, 0.1) is 7.11 Å². The smallest absolute Gasteiger partial charge is 0.305 e. The van der Waals surface area contributed by atoms with Crippen molar-refractivity contribution in [2.24, 2.45) is 0 Å². The highest BCUT2D eigenvalue weighted by atomic mass is 79.9. The summed E-state index contributed by atoms with van der Waals surface area (Å²) in [6.07, 6.45) is 3.99. The molecule has 0 aliphatic carbocycles. The number of carbonyl (C=O) groups is 2. The summed E-state index contributed by atoms with van der Waals surface area (Å²) >= 11 is 3.45. The molecule has 28 heavy (non-hydrogen) atoms. The average molecular weight is 446 g/mol. The van der Waals surface area contributed by atoms with Gasteiger partial charge in [-0.2, -0.15) is 0 Å². The number of amides is 1. The molecule has 0 aliphatic heterocycles. The summed E-state index contributed by atoms with van der Waals surface area (Å²) in [5, 5.41) is 2.74. The van der Waals surface area contributed by atoms with Gasteiger partial charge in [-0.1, -0.05) is 45.8 Å². The first-order chi connectivity index (χ1) is 13.5. The normalized spacial score (nSPS) is 10.7. The molecule has 0 bridgehead atoms. The lowest BCUT2D eigenvalue weighted by Gasteiger charge is -2.10. The molecule has 0 fully saturated rings. The number of esters is 1. The molecule has 0 saturated carbocycles. The topological polar surface area (TPSA) is 64.6 Å². The number of hydrogen-bond acceptors (Lipinski definition) is 4. The van der Waals surface area contributed by atoms with E-state index in [1.54, 1.807) is 6.08 Å². The first-order valence-corrected chi connectivity index (χ1v) is 9.78. The van der Waals surface area contributed by atoms with Crippen molar-refractivity contribution in [2.45, 2.75) is 26.4 Å². The average Bonchev–Trinajstić information content (AvgIpc) is 2.70. The van der Waals surface area contributed by atoms with E-state index >= 15 is 0 Å². The molecule has 6 heteroatoms. The number of benzene rings is 2. The van der Waals surface area contributed by atoms with Crippen LogP contribution in [0.4, 0.5) is 0 Å². The molecule has 1 N–H and O–H groups in total. The van der Waals surface area contributed by atoms with Gasteiger partial charge >= 0.3 is 5.97 Å². The van der Waals surface area contributed by atoms with Gasteiger partial charge in [0, 0.05) is 29.1 Å². The second-order valence-corrected chi connectivity index (χ2v) is 7.18. The Kier molecular flexibility index (Phi) is 8.75. The molecular formula is C22H24BrNO4. The van der Waals surface area contributed by atoms with Crippen molar-refractivity contribution in [3.8, 4) is 5.75 Å². The molecule has 5 nitrogen and oxygen atoms in total. The number of hydrogen-bond donors (Lipinski definition) is 1. The first-order valence-electron chi connectivity index (χ1n) is 8.98. The molecule has 0 spiro atoms. The van der Waals surface area contributed by atoms with Gasteiger partial charge in [0.15, 0.2) is 0 Å². The largest absolute Gasteiger partial charge is 0.488 e. The molecule has 2 aromatic carbocycles. The molecular weight excluding hydrogens is 422 g/mol. The summed E-state index contributed by atoms with van der Waals surface area (Å²) in [5.74, 6) is 0.183. The van der Waals surface area contributed by atoms with E-state index in [1.165, 1.54) is 18.7 Å². The van der Waals surface area contributed by atoms with Gasteiger partial charge in [0.25, 0.3) is 0 Å². The Bertz CT molecular complexity index is 831. The van der Waals surface area contributed by atoms with Crippen LogP contribution in [0.2, 0.25) is 0 Å². The maximum absolute atomic E-state index is 12.0. The van der Waals surface area contributed by atoms with Gasteiger partial charge in [-0.25, -0.2) is 0 Å². The predicted molar refractivity (Wildman–Crippen MR) is 113 cm³/mol. The third-order valence-electron chi connectivity index (χ3n) is 3.99. The minimum Gasteiger partial charge on any atom is -0.488 e. The van der Waals surface area contributed by atoms with Gasteiger partial charge in [-0.05, 0) is 43.2 Å². The van der Waals surface area contributed by atoms with Crippen molar-refractivity contribution < 1.29 is 19.1 Å². The summed E-state index contributed by atoms with van der Waals surface area (Å²) in [7, 11) is 1.35. The summed E-state index contributed by atoms with van der Waals surface area (Å²) in [6, 6.07) is 13.8. The van der Waals surface area contributed by atoms with E-state index in [1.807, 2.05) is 49.4 Å². The Balaban J connectivity index is 1.93. The fourth-order valence-corrected chi connectivity index (χ4v) is 2.78. The summed E-state index contributed by atoms with van der Waals surface area (Å²) in [6.45, 7) is 2.90. The van der Waals surface area contributed by atoms with E-state index in [0.717, 1.165) is 15.6 Å². The maximum atomic E-state index is 12.0. The van der Waals surface area contributed by atoms with Gasteiger partial charge < -0.3 is 14.8 Å². The summed E-state index contributed by atoms with van der Waals surface area (Å²) in [5.41, 5.74) is 3.08. The maximum Gasteiger partial charge on any atom is 0.305 e. The molecule has 148 valence electrons. The highest BCUT2D eigenvalue weighted by Crippen LogP contribution is 2.25. The molecule has 0 aliphatic rings. The number of aryl methyl sites for hydroxylation is 1. The van der Waals surface area contributed by atoms with E-state index < -0.39 is 0 Å². The van der Waals surface area contributed by atoms with Crippen LogP contribution in [0.3, 0.4) is 0 Å². The van der Waals surface area contributed by atoms with Crippen LogP contribution in [0.15, 0.2) is 53.0 Å². The Hall–Kier alpha value is -2.60. The highest BCUT2D eigenvalue weighted by molar-refractivity contribution is 9.10. The van der Waals surface area contributed by atoms with E-state index in [-0.39, 0.29) is 18.3 Å². The molecule has 0 radical (unpaired) electrons. The Morgan fingerprint density at radius 1 is 1.14 bits per heavy atom. The lowest BCUT2D eigenvalue weighted by atomic mass is 10.1. The van der Waals surface area contributed by atoms with Crippen molar-refractivity contribution in [1.29, 1.82) is 0 Å². The van der Waals surface area contributed by atoms with E-state index in [2.05, 4.69) is 26.0 Å². The number of halogens is 1. The van der Waals surface area contributed by atoms with Crippen LogP contribution in [0.25, 0.3) is 6.08 Å². The molecule has 0 aromatic heterocycles. The predicted octanol–water partition coefficient (Wildman–Crippen LogP) is 4.42. The van der Waals surface area contributed by atoms with Gasteiger partial charge in [0.2, 0.25) is 5.91 Å². The zero-order valence-electron chi connectivity index (χ0n) is 16.0. The molecule has 0 heterocycles. The van der Waals surface area contributed by atoms with Crippen LogP contribution in [-0.4, -0.2) is 25.5 Å². The molecule has 2 rings (SSSR count). The number of ether oxygens (including phenoxy) is 2. The molecule has 0 atom stereocenters. The third kappa shape index (κ3) is 7.56. The number of carbonyl (C=O) groups excluding carboxylic acids is 2. The monoisotopic (exact) mass is 445 g/mol. The van der Waals surface area contributed by atoms with E-state index in [4.69, 9.17) is 4.74 Å². The van der Waals surface area contributed by atoms with Crippen molar-refractivity contribution in [3.63, 3.8) is 0 Å². The minimum absolute atomic E-state index is 0.227. The molecule has 2 aromatic rings. The molecule has 0 saturated heterocycles. The van der Waals surface area contributed by atoms with Crippen molar-refractivity contribution >= 4 is 33.9 Å². The fourth-order valence-electron chi connectivity index (χ4n) is 2.40. The van der Waals surface area contributed by atoms with E-state index in [9.17, 15) is 9.59 Å². The Morgan fingerprint density at radius 3 is 2.61 bits per heavy atom. The molecule has 1 amide bonds. The fraction of sp³-hybridized carbons (Fsp3) is 0.273. The summed E-state index contributed by atoms with van der Waals surface area (Å²) < 4.78 is 11.4. The highest BCUT2D eigenvalue weighted by Gasteiger charge is 2.05. The number of rotatable bonds is 9. The van der Waals surface area contributed by atoms with Crippen molar-refractivity contribution in [1.82, 2.24) is 5.32 Å². The second-order valence-electron chi connectivity index (χ2n) is 6.26. The van der Waals surface area contributed by atoms with Crippen LogP contribution in [-0.2, 0) is 20.9 Å². The lowest BCUT2D eigenvalue weighted by Crippen LogP contribution is -2.22. The zero-order valence-corrected chi connectivity index (χ0v) is 17.6. The quantitative estimate of drug-likeness (QED) is 0.352. The van der Waals surface area contributed by atoms with Crippen LogP contribution in [0.5, 0.6) is 5.75 Å². The van der Waals surface area contributed by atoms with Crippen LogP contribution < -0.4 is 10.1 Å². The lowest BCUT2D eigenvalue weighted by molar-refractivity contribution is -0.140. The molecule has 0 unspecified atom stereocenters.